The third-order valence-electron chi connectivity index (χ3n) is 2.32. The molecule has 5 atom stereocenters. The van der Waals surface area contributed by atoms with Crippen LogP contribution in [0, 0.1) is 0 Å². The number of hydrogen-bond acceptors (Lipinski definition) is 7. The number of ether oxygens (including phenoxy) is 2. The Morgan fingerprint density at radius 1 is 1.12 bits per heavy atom. The molecular formula is C9H18O7. The summed E-state index contributed by atoms with van der Waals surface area (Å²) in [5.41, 5.74) is 0. The van der Waals surface area contributed by atoms with Crippen molar-refractivity contribution in [2.75, 3.05) is 26.4 Å². The van der Waals surface area contributed by atoms with Crippen molar-refractivity contribution in [1.29, 1.82) is 0 Å². The highest BCUT2D eigenvalue weighted by Gasteiger charge is 2.30. The highest BCUT2D eigenvalue weighted by Crippen LogP contribution is 2.10. The number of rotatable bonds is 8. The van der Waals surface area contributed by atoms with Gasteiger partial charge < -0.3 is 35.0 Å². The van der Waals surface area contributed by atoms with E-state index in [2.05, 4.69) is 0 Å². The van der Waals surface area contributed by atoms with Gasteiger partial charge in [-0.25, -0.2) is 0 Å². The first-order valence-electron chi connectivity index (χ1n) is 5.08. The van der Waals surface area contributed by atoms with Crippen LogP contribution in [0.25, 0.3) is 0 Å². The Morgan fingerprint density at radius 2 is 1.69 bits per heavy atom. The summed E-state index contributed by atoms with van der Waals surface area (Å²) in [6.07, 6.45) is -5.94. The van der Waals surface area contributed by atoms with Crippen molar-refractivity contribution in [2.24, 2.45) is 0 Å². The van der Waals surface area contributed by atoms with Crippen molar-refractivity contribution in [1.82, 2.24) is 0 Å². The van der Waals surface area contributed by atoms with Crippen LogP contribution in [0.3, 0.4) is 0 Å². The lowest BCUT2D eigenvalue weighted by Crippen LogP contribution is -2.47. The fraction of sp³-hybridized carbons (Fsp3) is 1.00. The van der Waals surface area contributed by atoms with E-state index in [9.17, 15) is 15.3 Å². The fourth-order valence-corrected chi connectivity index (χ4v) is 1.15. The van der Waals surface area contributed by atoms with E-state index in [0.29, 0.717) is 13.2 Å². The maximum atomic E-state index is 9.40. The lowest BCUT2D eigenvalue weighted by molar-refractivity contribution is -0.129. The Bertz CT molecular complexity index is 196. The van der Waals surface area contributed by atoms with Crippen LogP contribution in [0.15, 0.2) is 0 Å². The van der Waals surface area contributed by atoms with Gasteiger partial charge in [0.25, 0.3) is 0 Å². The predicted molar refractivity (Wildman–Crippen MR) is 51.7 cm³/mol. The molecule has 1 heterocycles. The van der Waals surface area contributed by atoms with Crippen LogP contribution in [0.2, 0.25) is 0 Å². The van der Waals surface area contributed by atoms with Crippen LogP contribution >= 0.6 is 0 Å². The molecule has 0 radical (unpaired) electrons. The molecule has 0 saturated carbocycles. The second-order valence-electron chi connectivity index (χ2n) is 3.79. The molecule has 96 valence electrons. The summed E-state index contributed by atoms with van der Waals surface area (Å²) in [5, 5.41) is 45.6. The first kappa shape index (κ1) is 13.8. The van der Waals surface area contributed by atoms with Gasteiger partial charge in [-0.05, 0) is 0 Å². The van der Waals surface area contributed by atoms with E-state index in [1.54, 1.807) is 0 Å². The van der Waals surface area contributed by atoms with Gasteiger partial charge in [-0.1, -0.05) is 0 Å². The van der Waals surface area contributed by atoms with E-state index in [4.69, 9.17) is 19.7 Å². The number of aliphatic hydroxyl groups excluding tert-OH is 5. The standard InChI is InChI=1S/C9H18O7/c10-1-6(11)8(13)9(14)7(12)4-15-2-5-3-16-5/h5-14H,1-4H2/t5?,6-,7+,8-,9-/m1/s1. The molecule has 7 nitrogen and oxygen atoms in total. The van der Waals surface area contributed by atoms with Crippen molar-refractivity contribution in [2.45, 2.75) is 30.5 Å². The molecule has 0 aliphatic carbocycles. The van der Waals surface area contributed by atoms with E-state index < -0.39 is 31.0 Å². The van der Waals surface area contributed by atoms with Crippen molar-refractivity contribution in [3.05, 3.63) is 0 Å². The van der Waals surface area contributed by atoms with Crippen molar-refractivity contribution >= 4 is 0 Å². The summed E-state index contributed by atoms with van der Waals surface area (Å²) in [5.74, 6) is 0. The van der Waals surface area contributed by atoms with E-state index >= 15 is 0 Å². The monoisotopic (exact) mass is 238 g/mol. The van der Waals surface area contributed by atoms with Gasteiger partial charge in [0.1, 0.15) is 30.5 Å². The molecule has 7 heteroatoms. The third kappa shape index (κ3) is 4.30. The van der Waals surface area contributed by atoms with Gasteiger partial charge in [0, 0.05) is 0 Å². The second-order valence-corrected chi connectivity index (χ2v) is 3.79. The Kier molecular flexibility index (Phi) is 5.56. The van der Waals surface area contributed by atoms with Gasteiger partial charge >= 0.3 is 0 Å². The zero-order chi connectivity index (χ0) is 12.1. The van der Waals surface area contributed by atoms with Crippen LogP contribution in [0.5, 0.6) is 0 Å². The minimum Gasteiger partial charge on any atom is -0.394 e. The molecule has 1 unspecified atom stereocenters. The molecule has 1 rings (SSSR count). The van der Waals surface area contributed by atoms with E-state index in [0.717, 1.165) is 0 Å². The maximum absolute atomic E-state index is 9.40. The quantitative estimate of drug-likeness (QED) is 0.283. The van der Waals surface area contributed by atoms with Gasteiger partial charge in [0.2, 0.25) is 0 Å². The minimum atomic E-state index is -1.61. The van der Waals surface area contributed by atoms with Gasteiger partial charge in [-0.3, -0.25) is 0 Å². The molecule has 0 bridgehead atoms. The van der Waals surface area contributed by atoms with Crippen molar-refractivity contribution < 1.29 is 35.0 Å². The van der Waals surface area contributed by atoms with Gasteiger partial charge in [-0.15, -0.1) is 0 Å². The van der Waals surface area contributed by atoms with Gasteiger partial charge in [0.05, 0.1) is 26.4 Å². The zero-order valence-electron chi connectivity index (χ0n) is 8.77. The third-order valence-corrected chi connectivity index (χ3v) is 2.32. The van der Waals surface area contributed by atoms with Gasteiger partial charge in [0.15, 0.2) is 0 Å². The maximum Gasteiger partial charge on any atom is 0.111 e. The molecule has 0 aromatic rings. The van der Waals surface area contributed by atoms with Crippen LogP contribution < -0.4 is 0 Å². The van der Waals surface area contributed by atoms with Crippen molar-refractivity contribution in [3.8, 4) is 0 Å². The van der Waals surface area contributed by atoms with Crippen LogP contribution in [0.4, 0.5) is 0 Å². The Hall–Kier alpha value is -0.280. The Labute approximate surface area is 92.9 Å². The molecule has 16 heavy (non-hydrogen) atoms. The average molecular weight is 238 g/mol. The van der Waals surface area contributed by atoms with Crippen LogP contribution in [-0.4, -0.2) is 82.5 Å². The highest BCUT2D eigenvalue weighted by molar-refractivity contribution is 4.80. The molecule has 1 aliphatic rings. The van der Waals surface area contributed by atoms with E-state index in [1.165, 1.54) is 0 Å². The average Bonchev–Trinajstić information content (AvgIpc) is 3.09. The summed E-state index contributed by atoms with van der Waals surface area (Å²) >= 11 is 0. The Morgan fingerprint density at radius 3 is 2.19 bits per heavy atom. The molecule has 0 spiro atoms. The number of hydrogen-bond donors (Lipinski definition) is 5. The SMILES string of the molecule is OC[C@@H](O)[C@@H](O)[C@H](O)[C@@H](O)COCC1CO1. The Balaban J connectivity index is 2.19. The lowest BCUT2D eigenvalue weighted by atomic mass is 10.0. The molecule has 0 aromatic heterocycles. The molecule has 1 aliphatic heterocycles. The summed E-state index contributed by atoms with van der Waals surface area (Å²) in [4.78, 5) is 0. The fourth-order valence-electron chi connectivity index (χ4n) is 1.15. The minimum absolute atomic E-state index is 0.0531. The predicted octanol–water partition coefficient (Wildman–Crippen LogP) is -3.16. The summed E-state index contributed by atoms with van der Waals surface area (Å²) < 4.78 is 9.88. The molecule has 0 amide bonds. The van der Waals surface area contributed by atoms with E-state index in [-0.39, 0.29) is 12.7 Å². The summed E-state index contributed by atoms with van der Waals surface area (Å²) in [6.45, 7) is 0.0882. The largest absolute Gasteiger partial charge is 0.394 e. The smallest absolute Gasteiger partial charge is 0.111 e. The van der Waals surface area contributed by atoms with Crippen molar-refractivity contribution in [3.63, 3.8) is 0 Å². The van der Waals surface area contributed by atoms with E-state index in [1.807, 2.05) is 0 Å². The number of aliphatic hydroxyl groups is 5. The lowest BCUT2D eigenvalue weighted by Gasteiger charge is -2.25. The first-order chi connectivity index (χ1) is 7.56. The molecule has 0 aromatic carbocycles. The first-order valence-corrected chi connectivity index (χ1v) is 5.08. The molecular weight excluding hydrogens is 220 g/mol. The van der Waals surface area contributed by atoms with Gasteiger partial charge in [-0.2, -0.15) is 0 Å². The van der Waals surface area contributed by atoms with Crippen LogP contribution in [0.1, 0.15) is 0 Å². The summed E-state index contributed by atoms with van der Waals surface area (Å²) in [7, 11) is 0. The highest BCUT2D eigenvalue weighted by atomic mass is 16.6. The number of epoxide rings is 1. The zero-order valence-corrected chi connectivity index (χ0v) is 8.77. The van der Waals surface area contributed by atoms with Crippen LogP contribution in [-0.2, 0) is 9.47 Å². The molecule has 5 N–H and O–H groups in total. The topological polar surface area (TPSA) is 123 Å². The second kappa shape index (κ2) is 6.45. The molecule has 1 fully saturated rings. The molecule has 1 saturated heterocycles. The summed E-state index contributed by atoms with van der Waals surface area (Å²) in [6, 6.07) is 0. The normalized spacial score (nSPS) is 27.2.